The molecule has 0 bridgehead atoms. The molecule has 2 atom stereocenters. The number of thioether (sulfide) groups is 1. The number of fused-ring (bicyclic) bond motifs is 1. The molecule has 0 saturated carbocycles. The van der Waals surface area contributed by atoms with Crippen LogP contribution in [-0.4, -0.2) is 56.4 Å². The molecule has 2 aliphatic rings. The number of esters is 1. The number of benzene rings is 1. The van der Waals surface area contributed by atoms with Gasteiger partial charge in [-0.2, -0.15) is 0 Å². The van der Waals surface area contributed by atoms with E-state index < -0.39 is 22.8 Å². The van der Waals surface area contributed by atoms with Crippen molar-refractivity contribution >= 4 is 47.5 Å². The molecule has 1 fully saturated rings. The maximum atomic E-state index is 13.0. The average molecular weight is 459 g/mol. The molecule has 2 N–H and O–H groups in total. The Morgan fingerprint density at radius 2 is 2.13 bits per heavy atom. The number of carbonyl (C=O) groups is 3. The summed E-state index contributed by atoms with van der Waals surface area (Å²) in [6.45, 7) is 0.0145. The van der Waals surface area contributed by atoms with Crippen molar-refractivity contribution in [3.8, 4) is 5.75 Å². The van der Waals surface area contributed by atoms with Crippen LogP contribution in [0.3, 0.4) is 0 Å². The SMILES string of the molecule is COc1ccc(COC(=O)C2=C(/C=C\c3csnn3)CS[C@@H]3N2C(=O)C3(N)C=O)cc1. The molecule has 0 aliphatic carbocycles. The van der Waals surface area contributed by atoms with E-state index in [1.165, 1.54) is 28.2 Å². The van der Waals surface area contributed by atoms with E-state index >= 15 is 0 Å². The van der Waals surface area contributed by atoms with Gasteiger partial charge in [0.2, 0.25) is 0 Å². The highest BCUT2D eigenvalue weighted by atomic mass is 32.2. The van der Waals surface area contributed by atoms with E-state index in [1.54, 1.807) is 48.9 Å². The minimum atomic E-state index is -1.64. The molecule has 0 radical (unpaired) electrons. The Kier molecular flexibility index (Phi) is 5.90. The van der Waals surface area contributed by atoms with Crippen LogP contribution in [0.2, 0.25) is 0 Å². The van der Waals surface area contributed by atoms with Crippen molar-refractivity contribution in [3.63, 3.8) is 0 Å². The first kappa shape index (κ1) is 21.2. The number of aromatic nitrogens is 2. The van der Waals surface area contributed by atoms with Gasteiger partial charge in [-0.25, -0.2) is 4.79 Å². The molecule has 1 amide bonds. The van der Waals surface area contributed by atoms with Crippen molar-refractivity contribution in [2.45, 2.75) is 17.5 Å². The number of carbonyl (C=O) groups excluding carboxylic acids is 3. The summed E-state index contributed by atoms with van der Waals surface area (Å²) in [6.07, 6.45) is 3.84. The van der Waals surface area contributed by atoms with Crippen LogP contribution in [0.4, 0.5) is 0 Å². The first-order valence-corrected chi connectivity index (χ1v) is 11.0. The van der Waals surface area contributed by atoms with Gasteiger partial charge in [0, 0.05) is 11.1 Å². The number of amides is 1. The lowest BCUT2D eigenvalue weighted by Gasteiger charge is -2.52. The van der Waals surface area contributed by atoms with E-state index in [-0.39, 0.29) is 12.3 Å². The highest BCUT2D eigenvalue weighted by molar-refractivity contribution is 8.00. The van der Waals surface area contributed by atoms with Crippen LogP contribution >= 0.6 is 23.3 Å². The van der Waals surface area contributed by atoms with E-state index in [0.29, 0.717) is 29.1 Å². The largest absolute Gasteiger partial charge is 0.497 e. The second-order valence-corrected chi connectivity index (χ2v) is 8.53. The predicted octanol–water partition coefficient (Wildman–Crippen LogP) is 1.37. The molecule has 1 unspecified atom stereocenters. The lowest BCUT2D eigenvalue weighted by molar-refractivity contribution is -0.158. The quantitative estimate of drug-likeness (QED) is 0.283. The molecule has 3 heterocycles. The Bertz CT molecular complexity index is 1070. The molecule has 1 aromatic heterocycles. The number of nitrogens with zero attached hydrogens (tertiary/aromatic N) is 3. The van der Waals surface area contributed by atoms with Gasteiger partial charge in [-0.15, -0.1) is 16.9 Å². The van der Waals surface area contributed by atoms with Gasteiger partial charge in [-0.05, 0) is 40.9 Å². The van der Waals surface area contributed by atoms with Crippen molar-refractivity contribution in [2.24, 2.45) is 5.73 Å². The molecule has 4 rings (SSSR count). The number of allylic oxidation sites excluding steroid dienone is 1. The van der Waals surface area contributed by atoms with Gasteiger partial charge in [0.1, 0.15) is 23.4 Å². The van der Waals surface area contributed by atoms with Crippen LogP contribution in [0.1, 0.15) is 11.3 Å². The van der Waals surface area contributed by atoms with Crippen molar-refractivity contribution < 1.29 is 23.9 Å². The molecule has 0 spiro atoms. The number of hydrogen-bond acceptors (Lipinski definition) is 10. The topological polar surface area (TPSA) is 125 Å². The van der Waals surface area contributed by atoms with Crippen molar-refractivity contribution in [1.82, 2.24) is 14.5 Å². The van der Waals surface area contributed by atoms with Crippen molar-refractivity contribution in [3.05, 3.63) is 58.2 Å². The summed E-state index contributed by atoms with van der Waals surface area (Å²) >= 11 is 2.52. The monoisotopic (exact) mass is 458 g/mol. The maximum Gasteiger partial charge on any atom is 0.355 e. The van der Waals surface area contributed by atoms with Gasteiger partial charge >= 0.3 is 5.97 Å². The third kappa shape index (κ3) is 3.87. The third-order valence-corrected chi connectivity index (χ3v) is 6.84. The fraction of sp³-hybridized carbons (Fsp3) is 0.250. The zero-order chi connectivity index (χ0) is 22.0. The summed E-state index contributed by atoms with van der Waals surface area (Å²) in [4.78, 5) is 38.3. The molecule has 2 aliphatic heterocycles. The fourth-order valence-corrected chi connectivity index (χ4v) is 5.00. The summed E-state index contributed by atoms with van der Waals surface area (Å²) in [7, 11) is 1.57. The molecule has 31 heavy (non-hydrogen) atoms. The van der Waals surface area contributed by atoms with Crippen molar-refractivity contribution in [2.75, 3.05) is 12.9 Å². The lowest BCUT2D eigenvalue weighted by Crippen LogP contribution is -2.78. The highest BCUT2D eigenvalue weighted by Crippen LogP contribution is 2.44. The first-order chi connectivity index (χ1) is 15.0. The summed E-state index contributed by atoms with van der Waals surface area (Å²) in [5.41, 5.74) is 6.37. The Hall–Kier alpha value is -3.02. The lowest BCUT2D eigenvalue weighted by atomic mass is 9.89. The molecule has 1 saturated heterocycles. The Balaban J connectivity index is 1.60. The Morgan fingerprint density at radius 3 is 2.77 bits per heavy atom. The third-order valence-electron chi connectivity index (χ3n) is 4.92. The van der Waals surface area contributed by atoms with Gasteiger partial charge in [0.15, 0.2) is 11.8 Å². The Morgan fingerprint density at radius 1 is 1.35 bits per heavy atom. The molecular weight excluding hydrogens is 440 g/mol. The van der Waals surface area contributed by atoms with Crippen LogP contribution in [0.5, 0.6) is 5.75 Å². The number of methoxy groups -OCH3 is 1. The molecule has 11 heteroatoms. The van der Waals surface area contributed by atoms with E-state index in [2.05, 4.69) is 9.59 Å². The standard InChI is InChI=1S/C20H18N4O5S2/c1-28-15-6-2-12(3-7-15)8-29-17(26)16-13(4-5-14-10-31-23-22-14)9-30-19-20(21,11-25)18(27)24(16)19/h2-7,10-11,19H,8-9,21H2,1H3/b5-4-/t19-,20?/m0/s1. The summed E-state index contributed by atoms with van der Waals surface area (Å²) in [6, 6.07) is 7.08. The van der Waals surface area contributed by atoms with E-state index in [4.69, 9.17) is 15.2 Å². The van der Waals surface area contributed by atoms with Crippen molar-refractivity contribution in [1.29, 1.82) is 0 Å². The van der Waals surface area contributed by atoms with E-state index in [9.17, 15) is 14.4 Å². The predicted molar refractivity (Wildman–Crippen MR) is 115 cm³/mol. The number of β-lactam (4-membered cyclic amide) rings is 1. The minimum Gasteiger partial charge on any atom is -0.497 e. The van der Waals surface area contributed by atoms with E-state index in [0.717, 1.165) is 5.56 Å². The maximum absolute atomic E-state index is 13.0. The molecule has 9 nitrogen and oxygen atoms in total. The molecule has 1 aromatic carbocycles. The fourth-order valence-electron chi connectivity index (χ4n) is 3.23. The van der Waals surface area contributed by atoms with Gasteiger partial charge in [0.05, 0.1) is 12.8 Å². The number of hydrogen-bond donors (Lipinski definition) is 1. The number of nitrogens with two attached hydrogens (primary N) is 1. The Labute approximate surface area is 186 Å². The summed E-state index contributed by atoms with van der Waals surface area (Å²) < 4.78 is 14.4. The second-order valence-electron chi connectivity index (χ2n) is 6.85. The van der Waals surface area contributed by atoms with Gasteiger partial charge in [0.25, 0.3) is 5.91 Å². The average Bonchev–Trinajstić information content (AvgIpc) is 3.33. The first-order valence-electron chi connectivity index (χ1n) is 9.16. The smallest absolute Gasteiger partial charge is 0.355 e. The van der Waals surface area contributed by atoms with Gasteiger partial charge in [-0.3, -0.25) is 9.69 Å². The summed E-state index contributed by atoms with van der Waals surface area (Å²) in [5, 5.41) is 5.04. The normalized spacial score (nSPS) is 22.8. The zero-order valence-electron chi connectivity index (χ0n) is 16.4. The van der Waals surface area contributed by atoms with E-state index in [1.807, 2.05) is 0 Å². The number of ether oxygens (including phenoxy) is 2. The van der Waals surface area contributed by atoms with Gasteiger partial charge < -0.3 is 20.0 Å². The van der Waals surface area contributed by atoms with Crippen LogP contribution < -0.4 is 10.5 Å². The van der Waals surface area contributed by atoms with Crippen LogP contribution in [-0.2, 0) is 25.7 Å². The molecule has 160 valence electrons. The van der Waals surface area contributed by atoms with Gasteiger partial charge in [-0.1, -0.05) is 22.7 Å². The zero-order valence-corrected chi connectivity index (χ0v) is 18.0. The molecule has 2 aromatic rings. The van der Waals surface area contributed by atoms with Crippen LogP contribution in [0, 0.1) is 0 Å². The minimum absolute atomic E-state index is 0.0145. The highest BCUT2D eigenvalue weighted by Gasteiger charge is 2.62. The number of rotatable bonds is 7. The summed E-state index contributed by atoms with van der Waals surface area (Å²) in [5.74, 6) is -0.230. The molecular formula is C20H18N4O5S2. The van der Waals surface area contributed by atoms with Crippen LogP contribution in [0.25, 0.3) is 6.08 Å². The number of aldehydes is 1. The second kappa shape index (κ2) is 8.61. The van der Waals surface area contributed by atoms with Crippen LogP contribution in [0.15, 0.2) is 47.0 Å².